The summed E-state index contributed by atoms with van der Waals surface area (Å²) in [6, 6.07) is 7.02. The molecule has 1 aromatic carbocycles. The maximum Gasteiger partial charge on any atom is 0.0928 e. The molecule has 0 amide bonds. The third kappa shape index (κ3) is 8.18. The Balaban J connectivity index is 0. The van der Waals surface area contributed by atoms with Crippen LogP contribution in [-0.4, -0.2) is 23.0 Å². The smallest absolute Gasteiger partial charge is 0.0928 e. The SMILES string of the molecule is C=CC.CC.CC.CC.Cc1ccc2c(C)n(C3CCOCC3)nc2c1. The van der Waals surface area contributed by atoms with Gasteiger partial charge in [0.2, 0.25) is 0 Å². The molecular formula is C23H42N2O. The maximum atomic E-state index is 5.41. The number of aromatic nitrogens is 2. The van der Waals surface area contributed by atoms with E-state index in [1.54, 1.807) is 6.08 Å². The summed E-state index contributed by atoms with van der Waals surface area (Å²) in [7, 11) is 0. The fraction of sp³-hybridized carbons (Fsp3) is 0.609. The number of aryl methyl sites for hydroxylation is 2. The predicted octanol–water partition coefficient (Wildman–Crippen LogP) is 7.28. The van der Waals surface area contributed by atoms with Crippen LogP contribution in [0.25, 0.3) is 10.9 Å². The van der Waals surface area contributed by atoms with Crippen LogP contribution in [0.1, 0.15) is 78.6 Å². The molecule has 3 heteroatoms. The van der Waals surface area contributed by atoms with E-state index < -0.39 is 0 Å². The highest BCUT2D eigenvalue weighted by Gasteiger charge is 2.19. The molecule has 0 bridgehead atoms. The van der Waals surface area contributed by atoms with Crippen molar-refractivity contribution in [3.8, 4) is 0 Å². The van der Waals surface area contributed by atoms with Gasteiger partial charge in [-0.2, -0.15) is 5.10 Å². The molecule has 0 atom stereocenters. The highest BCUT2D eigenvalue weighted by molar-refractivity contribution is 5.82. The molecule has 1 fully saturated rings. The standard InChI is InChI=1S/C14H18N2O.C3H6.3C2H6/c1-10-3-4-13-11(2)16(15-14(13)9-10)12-5-7-17-8-6-12;1-3-2;3*1-2/h3-4,9,12H,5-8H2,1-2H3;3H,1H2,2H3;3*1-2H3. The van der Waals surface area contributed by atoms with Gasteiger partial charge in [0, 0.05) is 24.3 Å². The zero-order valence-electron chi connectivity index (χ0n) is 18.7. The summed E-state index contributed by atoms with van der Waals surface area (Å²) >= 11 is 0. The third-order valence-corrected chi connectivity index (χ3v) is 3.64. The van der Waals surface area contributed by atoms with E-state index in [-0.39, 0.29) is 0 Å². The maximum absolute atomic E-state index is 5.41. The van der Waals surface area contributed by atoms with Crippen LogP contribution in [0.15, 0.2) is 30.9 Å². The molecule has 0 unspecified atom stereocenters. The highest BCUT2D eigenvalue weighted by atomic mass is 16.5. The van der Waals surface area contributed by atoms with Crippen LogP contribution in [0.2, 0.25) is 0 Å². The van der Waals surface area contributed by atoms with Gasteiger partial charge in [0.05, 0.1) is 11.6 Å². The molecule has 1 aliphatic heterocycles. The van der Waals surface area contributed by atoms with Gasteiger partial charge in [-0.3, -0.25) is 4.68 Å². The Kier molecular flexibility index (Phi) is 17.2. The molecule has 3 rings (SSSR count). The average molecular weight is 363 g/mol. The number of fused-ring (bicyclic) bond motifs is 1. The first kappa shape index (κ1) is 26.6. The predicted molar refractivity (Wildman–Crippen MR) is 118 cm³/mol. The van der Waals surface area contributed by atoms with Gasteiger partial charge < -0.3 is 4.74 Å². The second-order valence-electron chi connectivity index (χ2n) is 5.30. The molecule has 150 valence electrons. The monoisotopic (exact) mass is 362 g/mol. The van der Waals surface area contributed by atoms with Crippen molar-refractivity contribution in [2.45, 2.75) is 81.2 Å². The Morgan fingerprint density at radius 1 is 1.04 bits per heavy atom. The van der Waals surface area contributed by atoms with Crippen LogP contribution in [0.4, 0.5) is 0 Å². The first-order valence-corrected chi connectivity index (χ1v) is 10.3. The number of rotatable bonds is 1. The molecule has 1 aromatic heterocycles. The lowest BCUT2D eigenvalue weighted by Gasteiger charge is -2.23. The van der Waals surface area contributed by atoms with E-state index in [1.807, 2.05) is 48.5 Å². The van der Waals surface area contributed by atoms with Gasteiger partial charge in [0.15, 0.2) is 0 Å². The summed E-state index contributed by atoms with van der Waals surface area (Å²) in [5.74, 6) is 0. The average Bonchev–Trinajstić information content (AvgIpc) is 3.04. The molecular weight excluding hydrogens is 320 g/mol. The minimum Gasteiger partial charge on any atom is -0.381 e. The molecule has 0 aliphatic carbocycles. The minimum absolute atomic E-state index is 0.511. The third-order valence-electron chi connectivity index (χ3n) is 3.64. The Hall–Kier alpha value is -1.61. The first-order valence-electron chi connectivity index (χ1n) is 10.3. The van der Waals surface area contributed by atoms with Crippen molar-refractivity contribution in [2.75, 3.05) is 13.2 Å². The molecule has 2 aromatic rings. The molecule has 26 heavy (non-hydrogen) atoms. The highest BCUT2D eigenvalue weighted by Crippen LogP contribution is 2.26. The van der Waals surface area contributed by atoms with Crippen molar-refractivity contribution in [3.05, 3.63) is 42.1 Å². The zero-order valence-corrected chi connectivity index (χ0v) is 18.7. The molecule has 0 N–H and O–H groups in total. The van der Waals surface area contributed by atoms with Crippen molar-refractivity contribution in [2.24, 2.45) is 0 Å². The van der Waals surface area contributed by atoms with E-state index in [2.05, 4.69) is 43.3 Å². The number of ether oxygens (including phenoxy) is 1. The normalized spacial score (nSPS) is 12.8. The molecule has 0 radical (unpaired) electrons. The lowest BCUT2D eigenvalue weighted by Crippen LogP contribution is -2.21. The molecule has 3 nitrogen and oxygen atoms in total. The topological polar surface area (TPSA) is 27.1 Å². The number of nitrogens with zero attached hydrogens (tertiary/aromatic N) is 2. The number of benzene rings is 1. The van der Waals surface area contributed by atoms with Crippen LogP contribution in [0.3, 0.4) is 0 Å². The number of hydrogen-bond donors (Lipinski definition) is 0. The summed E-state index contributed by atoms with van der Waals surface area (Å²) in [5.41, 5.74) is 3.68. The largest absolute Gasteiger partial charge is 0.381 e. The van der Waals surface area contributed by atoms with E-state index in [1.165, 1.54) is 16.6 Å². The second-order valence-corrected chi connectivity index (χ2v) is 5.30. The van der Waals surface area contributed by atoms with Gasteiger partial charge >= 0.3 is 0 Å². The second kappa shape index (κ2) is 16.8. The molecule has 1 saturated heterocycles. The Bertz CT molecular complexity index is 581. The van der Waals surface area contributed by atoms with Crippen LogP contribution in [0.5, 0.6) is 0 Å². The van der Waals surface area contributed by atoms with Crippen molar-refractivity contribution in [3.63, 3.8) is 0 Å². The van der Waals surface area contributed by atoms with Gasteiger partial charge in [-0.1, -0.05) is 59.8 Å². The van der Waals surface area contributed by atoms with E-state index >= 15 is 0 Å². The van der Waals surface area contributed by atoms with Crippen molar-refractivity contribution in [1.29, 1.82) is 0 Å². The van der Waals surface area contributed by atoms with Crippen molar-refractivity contribution >= 4 is 10.9 Å². The fourth-order valence-corrected chi connectivity index (χ4v) is 2.63. The number of hydrogen-bond acceptors (Lipinski definition) is 2. The van der Waals surface area contributed by atoms with Crippen LogP contribution in [-0.2, 0) is 4.74 Å². The summed E-state index contributed by atoms with van der Waals surface area (Å²) < 4.78 is 7.61. The summed E-state index contributed by atoms with van der Waals surface area (Å²) in [4.78, 5) is 0. The van der Waals surface area contributed by atoms with Crippen LogP contribution >= 0.6 is 0 Å². The fourth-order valence-electron chi connectivity index (χ4n) is 2.63. The van der Waals surface area contributed by atoms with Gasteiger partial charge in [0.25, 0.3) is 0 Å². The lowest BCUT2D eigenvalue weighted by molar-refractivity contribution is 0.0659. The van der Waals surface area contributed by atoms with Crippen LogP contribution < -0.4 is 0 Å². The van der Waals surface area contributed by atoms with Gasteiger partial charge in [-0.15, -0.1) is 6.58 Å². The first-order chi connectivity index (χ1) is 12.7. The quantitative estimate of drug-likeness (QED) is 0.498. The lowest BCUT2D eigenvalue weighted by atomic mass is 10.1. The van der Waals surface area contributed by atoms with E-state index in [0.717, 1.165) is 31.6 Å². The van der Waals surface area contributed by atoms with E-state index in [4.69, 9.17) is 9.84 Å². The van der Waals surface area contributed by atoms with Gasteiger partial charge in [-0.05, 0) is 45.2 Å². The van der Waals surface area contributed by atoms with Gasteiger partial charge in [0.1, 0.15) is 0 Å². The van der Waals surface area contributed by atoms with Crippen LogP contribution in [0, 0.1) is 13.8 Å². The van der Waals surface area contributed by atoms with E-state index in [0.29, 0.717) is 6.04 Å². The summed E-state index contributed by atoms with van der Waals surface area (Å²) in [6.45, 7) is 23.3. The molecule has 0 saturated carbocycles. The van der Waals surface area contributed by atoms with Crippen molar-refractivity contribution in [1.82, 2.24) is 9.78 Å². The Morgan fingerprint density at radius 3 is 2.04 bits per heavy atom. The Morgan fingerprint density at radius 2 is 1.54 bits per heavy atom. The summed E-state index contributed by atoms with van der Waals surface area (Å²) in [5, 5.41) is 6.04. The minimum atomic E-state index is 0.511. The summed E-state index contributed by atoms with van der Waals surface area (Å²) in [6.07, 6.45) is 3.90. The van der Waals surface area contributed by atoms with Crippen molar-refractivity contribution < 1.29 is 4.74 Å². The molecule has 0 spiro atoms. The Labute approximate surface area is 162 Å². The zero-order chi connectivity index (χ0) is 20.5. The molecule has 1 aliphatic rings. The van der Waals surface area contributed by atoms with Gasteiger partial charge in [-0.25, -0.2) is 0 Å². The van der Waals surface area contributed by atoms with E-state index in [9.17, 15) is 0 Å². The number of allylic oxidation sites excluding steroid dienone is 1. The molecule has 2 heterocycles.